The molecule has 0 amide bonds. The first-order chi connectivity index (χ1) is 9.33. The molecule has 1 heterocycles. The van der Waals surface area contributed by atoms with Crippen molar-refractivity contribution in [2.75, 3.05) is 5.88 Å². The molecule has 0 aliphatic carbocycles. The summed E-state index contributed by atoms with van der Waals surface area (Å²) in [4.78, 5) is 4.16. The number of benzene rings is 1. The van der Waals surface area contributed by atoms with E-state index >= 15 is 0 Å². The van der Waals surface area contributed by atoms with Crippen molar-refractivity contribution in [3.63, 3.8) is 0 Å². The number of aryl methyl sites for hydroxylation is 1. The Labute approximate surface area is 117 Å². The highest BCUT2D eigenvalue weighted by molar-refractivity contribution is 6.19. The van der Waals surface area contributed by atoms with Gasteiger partial charge in [-0.1, -0.05) is 17.9 Å². The third kappa shape index (κ3) is 3.73. The van der Waals surface area contributed by atoms with Gasteiger partial charge in [0.2, 0.25) is 0 Å². The Kier molecular flexibility index (Phi) is 4.82. The molecule has 4 nitrogen and oxygen atoms in total. The SMILES string of the molecule is CCn1ncnc1COc1cccc(C#CCCl)c1. The number of alkyl halides is 1. The highest BCUT2D eigenvalue weighted by Crippen LogP contribution is 2.14. The van der Waals surface area contributed by atoms with Gasteiger partial charge in [0.1, 0.15) is 18.7 Å². The topological polar surface area (TPSA) is 39.9 Å². The average Bonchev–Trinajstić information content (AvgIpc) is 2.91. The zero-order chi connectivity index (χ0) is 13.5. The summed E-state index contributed by atoms with van der Waals surface area (Å²) >= 11 is 5.53. The number of halogens is 1. The Bertz CT molecular complexity index is 598. The molecule has 1 aromatic carbocycles. The predicted molar refractivity (Wildman–Crippen MR) is 74.1 cm³/mol. The van der Waals surface area contributed by atoms with E-state index in [1.807, 2.05) is 31.2 Å². The second-order valence-electron chi connectivity index (χ2n) is 3.74. The van der Waals surface area contributed by atoms with E-state index in [1.165, 1.54) is 6.33 Å². The van der Waals surface area contributed by atoms with Crippen LogP contribution in [0.1, 0.15) is 18.3 Å². The largest absolute Gasteiger partial charge is 0.486 e. The van der Waals surface area contributed by atoms with Crippen LogP contribution in [-0.4, -0.2) is 20.6 Å². The van der Waals surface area contributed by atoms with Gasteiger partial charge < -0.3 is 4.74 Å². The first-order valence-electron chi connectivity index (χ1n) is 5.98. The predicted octanol–water partition coefficient (Wildman–Crippen LogP) is 2.47. The monoisotopic (exact) mass is 275 g/mol. The Balaban J connectivity index is 2.03. The molecule has 0 unspecified atom stereocenters. The molecule has 98 valence electrons. The smallest absolute Gasteiger partial charge is 0.164 e. The maximum Gasteiger partial charge on any atom is 0.164 e. The van der Waals surface area contributed by atoms with E-state index in [-0.39, 0.29) is 0 Å². The molecule has 0 radical (unpaired) electrons. The Morgan fingerprint density at radius 3 is 3.11 bits per heavy atom. The molecule has 0 atom stereocenters. The van der Waals surface area contributed by atoms with Crippen LogP contribution in [0.2, 0.25) is 0 Å². The molecule has 2 rings (SSSR count). The van der Waals surface area contributed by atoms with Gasteiger partial charge in [-0.15, -0.1) is 11.6 Å². The van der Waals surface area contributed by atoms with Gasteiger partial charge in [-0.2, -0.15) is 5.10 Å². The minimum Gasteiger partial charge on any atom is -0.486 e. The standard InChI is InChI=1S/C14H14ClN3O/c1-2-18-14(16-11-17-18)10-19-13-7-3-5-12(9-13)6-4-8-15/h3,5,7,9,11H,2,8,10H2,1H3. The molecule has 5 heteroatoms. The summed E-state index contributed by atoms with van der Waals surface area (Å²) in [6.07, 6.45) is 1.53. The molecule has 1 aromatic heterocycles. The normalized spacial score (nSPS) is 9.79. The van der Waals surface area contributed by atoms with Crippen molar-refractivity contribution in [3.8, 4) is 17.6 Å². The second kappa shape index (κ2) is 6.81. The van der Waals surface area contributed by atoms with Gasteiger partial charge in [-0.25, -0.2) is 9.67 Å². The van der Waals surface area contributed by atoms with Crippen LogP contribution in [0, 0.1) is 11.8 Å². The van der Waals surface area contributed by atoms with Crippen LogP contribution < -0.4 is 4.74 Å². The number of hydrogen-bond donors (Lipinski definition) is 0. The zero-order valence-corrected chi connectivity index (χ0v) is 11.4. The highest BCUT2D eigenvalue weighted by Gasteiger charge is 2.03. The molecule has 0 saturated heterocycles. The molecule has 0 bridgehead atoms. The van der Waals surface area contributed by atoms with Crippen LogP contribution in [-0.2, 0) is 13.2 Å². The fourth-order valence-electron chi connectivity index (χ4n) is 1.61. The van der Waals surface area contributed by atoms with Crippen molar-refractivity contribution in [3.05, 3.63) is 42.0 Å². The Morgan fingerprint density at radius 2 is 2.32 bits per heavy atom. The summed E-state index contributed by atoms with van der Waals surface area (Å²) in [5.41, 5.74) is 0.884. The van der Waals surface area contributed by atoms with Crippen molar-refractivity contribution in [2.24, 2.45) is 0 Å². The summed E-state index contributed by atoms with van der Waals surface area (Å²) in [5, 5.41) is 4.09. The van der Waals surface area contributed by atoms with Crippen molar-refractivity contribution in [1.82, 2.24) is 14.8 Å². The highest BCUT2D eigenvalue weighted by atomic mass is 35.5. The van der Waals surface area contributed by atoms with E-state index in [9.17, 15) is 0 Å². The van der Waals surface area contributed by atoms with E-state index in [4.69, 9.17) is 16.3 Å². The van der Waals surface area contributed by atoms with Crippen LogP contribution in [0.4, 0.5) is 0 Å². The first-order valence-corrected chi connectivity index (χ1v) is 6.51. The third-order valence-corrected chi connectivity index (χ3v) is 2.63. The van der Waals surface area contributed by atoms with Gasteiger partial charge in [0.15, 0.2) is 5.82 Å². The number of hydrogen-bond acceptors (Lipinski definition) is 3. The van der Waals surface area contributed by atoms with E-state index < -0.39 is 0 Å². The van der Waals surface area contributed by atoms with Crippen molar-refractivity contribution < 1.29 is 4.74 Å². The molecule has 0 fully saturated rings. The van der Waals surface area contributed by atoms with Crippen LogP contribution in [0.25, 0.3) is 0 Å². The summed E-state index contributed by atoms with van der Waals surface area (Å²) in [5.74, 6) is 7.65. The first kappa shape index (κ1) is 13.4. The maximum absolute atomic E-state index is 5.69. The van der Waals surface area contributed by atoms with Crippen molar-refractivity contribution >= 4 is 11.6 Å². The van der Waals surface area contributed by atoms with Gasteiger partial charge in [-0.05, 0) is 25.1 Å². The number of nitrogens with zero attached hydrogens (tertiary/aromatic N) is 3. The van der Waals surface area contributed by atoms with Gasteiger partial charge in [0.25, 0.3) is 0 Å². The number of aromatic nitrogens is 3. The second-order valence-corrected chi connectivity index (χ2v) is 4.01. The van der Waals surface area contributed by atoms with Gasteiger partial charge >= 0.3 is 0 Å². The molecule has 19 heavy (non-hydrogen) atoms. The van der Waals surface area contributed by atoms with Crippen molar-refractivity contribution in [1.29, 1.82) is 0 Å². The molecule has 0 N–H and O–H groups in total. The zero-order valence-electron chi connectivity index (χ0n) is 10.6. The fraction of sp³-hybridized carbons (Fsp3) is 0.286. The number of rotatable bonds is 4. The molecular formula is C14H14ClN3O. The van der Waals surface area contributed by atoms with E-state index in [0.29, 0.717) is 12.5 Å². The molecule has 2 aromatic rings. The van der Waals surface area contributed by atoms with Crippen LogP contribution in [0.15, 0.2) is 30.6 Å². The van der Waals surface area contributed by atoms with Gasteiger partial charge in [-0.3, -0.25) is 0 Å². The third-order valence-electron chi connectivity index (χ3n) is 2.50. The van der Waals surface area contributed by atoms with Crippen molar-refractivity contribution in [2.45, 2.75) is 20.1 Å². The summed E-state index contributed by atoms with van der Waals surface area (Å²) in [6, 6.07) is 7.59. The summed E-state index contributed by atoms with van der Waals surface area (Å²) in [7, 11) is 0. The van der Waals surface area contributed by atoms with Gasteiger partial charge in [0, 0.05) is 12.1 Å². The lowest BCUT2D eigenvalue weighted by atomic mass is 10.2. The minimum absolute atomic E-state index is 0.324. The molecule has 0 saturated carbocycles. The fourth-order valence-corrected chi connectivity index (χ4v) is 1.68. The van der Waals surface area contributed by atoms with E-state index in [2.05, 4.69) is 21.9 Å². The van der Waals surface area contributed by atoms with E-state index in [0.717, 1.165) is 23.7 Å². The van der Waals surface area contributed by atoms with E-state index in [1.54, 1.807) is 4.68 Å². The molecule has 0 spiro atoms. The van der Waals surface area contributed by atoms with Crippen LogP contribution in [0.5, 0.6) is 5.75 Å². The summed E-state index contributed by atoms with van der Waals surface area (Å²) < 4.78 is 7.49. The Morgan fingerprint density at radius 1 is 1.42 bits per heavy atom. The average molecular weight is 276 g/mol. The molecular weight excluding hydrogens is 262 g/mol. The maximum atomic E-state index is 5.69. The lowest BCUT2D eigenvalue weighted by Gasteiger charge is -2.06. The molecule has 0 aliphatic heterocycles. The van der Waals surface area contributed by atoms with Crippen LogP contribution in [0.3, 0.4) is 0 Å². The van der Waals surface area contributed by atoms with Crippen LogP contribution >= 0.6 is 11.6 Å². The minimum atomic E-state index is 0.324. The quantitative estimate of drug-likeness (QED) is 0.636. The van der Waals surface area contributed by atoms with Gasteiger partial charge in [0.05, 0.1) is 5.88 Å². The summed E-state index contributed by atoms with van der Waals surface area (Å²) in [6.45, 7) is 3.18. The lowest BCUT2D eigenvalue weighted by Crippen LogP contribution is -2.07. The Hall–Kier alpha value is -1.99. The molecule has 0 aliphatic rings. The lowest BCUT2D eigenvalue weighted by molar-refractivity contribution is 0.287. The number of ether oxygens (including phenoxy) is 1.